The molecule has 1 unspecified atom stereocenters. The summed E-state index contributed by atoms with van der Waals surface area (Å²) in [6.45, 7) is 3.83. The Morgan fingerprint density at radius 3 is 2.82 bits per heavy atom. The van der Waals surface area contributed by atoms with E-state index in [1.54, 1.807) is 6.07 Å². The van der Waals surface area contributed by atoms with Gasteiger partial charge in [0, 0.05) is 13.1 Å². The van der Waals surface area contributed by atoms with Gasteiger partial charge < -0.3 is 15.4 Å². The third kappa shape index (κ3) is 4.73. The van der Waals surface area contributed by atoms with E-state index in [0.717, 1.165) is 12.1 Å². The van der Waals surface area contributed by atoms with E-state index in [-0.39, 0.29) is 24.0 Å². The average molecular weight is 429 g/mol. The van der Waals surface area contributed by atoms with Gasteiger partial charge in [0.1, 0.15) is 6.10 Å². The smallest absolute Gasteiger partial charge is 0.370 e. The van der Waals surface area contributed by atoms with E-state index in [9.17, 15) is 13.2 Å². The molecule has 8 heteroatoms. The van der Waals surface area contributed by atoms with Crippen molar-refractivity contribution in [3.63, 3.8) is 0 Å². The van der Waals surface area contributed by atoms with E-state index >= 15 is 0 Å². The van der Waals surface area contributed by atoms with Crippen molar-refractivity contribution in [3.8, 4) is 0 Å². The van der Waals surface area contributed by atoms with Crippen molar-refractivity contribution >= 4 is 29.9 Å². The first-order valence-electron chi connectivity index (χ1n) is 6.75. The average Bonchev–Trinajstić information content (AvgIpc) is 2.47. The van der Waals surface area contributed by atoms with Gasteiger partial charge in [-0.3, -0.25) is 4.99 Å². The summed E-state index contributed by atoms with van der Waals surface area (Å²) >= 11 is 0. The van der Waals surface area contributed by atoms with Crippen LogP contribution in [0.5, 0.6) is 0 Å². The summed E-state index contributed by atoms with van der Waals surface area (Å²) in [5.74, 6) is 0.401. The summed E-state index contributed by atoms with van der Waals surface area (Å²) in [6.07, 6.45) is -4.79. The molecule has 0 aliphatic carbocycles. The molecule has 0 aromatic heterocycles. The highest BCUT2D eigenvalue weighted by Gasteiger charge is 2.32. The summed E-state index contributed by atoms with van der Waals surface area (Å²) in [5, 5.41) is 0. The Balaban J connectivity index is 0.00000242. The number of hydrogen-bond donors (Lipinski definition) is 1. The van der Waals surface area contributed by atoms with Gasteiger partial charge in [0.05, 0.1) is 18.7 Å². The number of guanidine groups is 1. The van der Waals surface area contributed by atoms with Gasteiger partial charge in [-0.15, -0.1) is 24.0 Å². The van der Waals surface area contributed by atoms with Crippen LogP contribution in [-0.4, -0.2) is 37.1 Å². The Morgan fingerprint density at radius 2 is 2.18 bits per heavy atom. The van der Waals surface area contributed by atoms with Crippen LogP contribution in [0.3, 0.4) is 0 Å². The summed E-state index contributed by atoms with van der Waals surface area (Å²) < 4.78 is 43.8. The number of alkyl halides is 3. The number of halogens is 4. The fourth-order valence-corrected chi connectivity index (χ4v) is 2.24. The molecule has 0 radical (unpaired) electrons. The van der Waals surface area contributed by atoms with Gasteiger partial charge >= 0.3 is 6.18 Å². The topological polar surface area (TPSA) is 50.8 Å². The number of aliphatic imine (C=N–C) groups is 1. The number of nitrogens with zero attached hydrogens (tertiary/aromatic N) is 2. The summed E-state index contributed by atoms with van der Waals surface area (Å²) in [5.41, 5.74) is 5.67. The number of ether oxygens (including phenoxy) is 1. The first-order chi connectivity index (χ1) is 9.91. The quantitative estimate of drug-likeness (QED) is 0.447. The van der Waals surface area contributed by atoms with Crippen LogP contribution in [-0.2, 0) is 10.9 Å². The van der Waals surface area contributed by atoms with Gasteiger partial charge in [-0.05, 0) is 24.6 Å². The Morgan fingerprint density at radius 1 is 1.45 bits per heavy atom. The lowest BCUT2D eigenvalue weighted by molar-refractivity contribution is -0.137. The molecule has 1 heterocycles. The first-order valence-corrected chi connectivity index (χ1v) is 6.75. The maximum absolute atomic E-state index is 12.8. The van der Waals surface area contributed by atoms with Gasteiger partial charge in [-0.2, -0.15) is 13.2 Å². The predicted octanol–water partition coefficient (Wildman–Crippen LogP) is 3.03. The molecule has 1 aromatic rings. The monoisotopic (exact) mass is 429 g/mol. The molecule has 1 atom stereocenters. The number of morpholine rings is 1. The maximum atomic E-state index is 12.8. The highest BCUT2D eigenvalue weighted by molar-refractivity contribution is 14.0. The Bertz CT molecular complexity index is 522. The fraction of sp³-hybridized carbons (Fsp3) is 0.500. The van der Waals surface area contributed by atoms with Crippen LogP contribution < -0.4 is 5.73 Å². The molecule has 0 spiro atoms. The Hall–Kier alpha value is -1.03. The second-order valence-corrected chi connectivity index (χ2v) is 4.76. The van der Waals surface area contributed by atoms with Crippen molar-refractivity contribution in [1.29, 1.82) is 0 Å². The zero-order valence-electron chi connectivity index (χ0n) is 12.1. The number of hydrogen-bond acceptors (Lipinski definition) is 2. The predicted molar refractivity (Wildman–Crippen MR) is 89.3 cm³/mol. The molecule has 1 aliphatic rings. The SMILES string of the molecule is CCN=C(N)N1CCOC(c2cccc(C(F)(F)F)c2)C1.I. The van der Waals surface area contributed by atoms with Crippen LogP contribution in [0.1, 0.15) is 24.2 Å². The lowest BCUT2D eigenvalue weighted by atomic mass is 10.0. The van der Waals surface area contributed by atoms with Crippen LogP contribution in [0.4, 0.5) is 13.2 Å². The molecule has 0 bridgehead atoms. The van der Waals surface area contributed by atoms with Crippen molar-refractivity contribution in [2.45, 2.75) is 19.2 Å². The number of benzene rings is 1. The Kier molecular flexibility index (Phi) is 6.92. The minimum absolute atomic E-state index is 0. The molecule has 1 aromatic carbocycles. The lowest BCUT2D eigenvalue weighted by Crippen LogP contribution is -2.46. The molecule has 2 rings (SSSR count). The van der Waals surface area contributed by atoms with E-state index < -0.39 is 17.8 Å². The van der Waals surface area contributed by atoms with Crippen molar-refractivity contribution < 1.29 is 17.9 Å². The zero-order chi connectivity index (χ0) is 15.5. The van der Waals surface area contributed by atoms with Crippen LogP contribution in [0.2, 0.25) is 0 Å². The largest absolute Gasteiger partial charge is 0.416 e. The third-order valence-corrected chi connectivity index (χ3v) is 3.30. The second kappa shape index (κ2) is 8.00. The minimum atomic E-state index is -4.35. The van der Waals surface area contributed by atoms with Crippen molar-refractivity contribution in [2.75, 3.05) is 26.2 Å². The molecular weight excluding hydrogens is 410 g/mol. The van der Waals surface area contributed by atoms with Crippen molar-refractivity contribution in [3.05, 3.63) is 35.4 Å². The molecular formula is C14H19F3IN3O. The van der Waals surface area contributed by atoms with E-state index in [1.165, 1.54) is 6.07 Å². The van der Waals surface area contributed by atoms with Crippen LogP contribution in [0.15, 0.2) is 29.3 Å². The highest BCUT2D eigenvalue weighted by Crippen LogP contribution is 2.32. The summed E-state index contributed by atoms with van der Waals surface area (Å²) in [6, 6.07) is 5.21. The second-order valence-electron chi connectivity index (χ2n) is 4.76. The fourth-order valence-electron chi connectivity index (χ4n) is 2.24. The molecule has 22 heavy (non-hydrogen) atoms. The Labute approximate surface area is 144 Å². The molecule has 0 saturated carbocycles. The molecule has 0 amide bonds. The normalized spacial score (nSPS) is 19.7. The van der Waals surface area contributed by atoms with Crippen LogP contribution in [0, 0.1) is 0 Å². The molecule has 2 N–H and O–H groups in total. The number of rotatable bonds is 2. The van der Waals surface area contributed by atoms with Crippen molar-refractivity contribution in [1.82, 2.24) is 4.90 Å². The molecule has 1 fully saturated rings. The van der Waals surface area contributed by atoms with Crippen LogP contribution in [0.25, 0.3) is 0 Å². The molecule has 1 aliphatic heterocycles. The molecule has 4 nitrogen and oxygen atoms in total. The third-order valence-electron chi connectivity index (χ3n) is 3.30. The van der Waals surface area contributed by atoms with Crippen LogP contribution >= 0.6 is 24.0 Å². The minimum Gasteiger partial charge on any atom is -0.370 e. The zero-order valence-corrected chi connectivity index (χ0v) is 14.5. The first kappa shape index (κ1) is 19.0. The summed E-state index contributed by atoms with van der Waals surface area (Å²) in [7, 11) is 0. The van der Waals surface area contributed by atoms with E-state index in [0.29, 0.717) is 37.8 Å². The summed E-state index contributed by atoms with van der Waals surface area (Å²) in [4.78, 5) is 5.95. The van der Waals surface area contributed by atoms with Crippen molar-refractivity contribution in [2.24, 2.45) is 10.7 Å². The van der Waals surface area contributed by atoms with E-state index in [1.807, 2.05) is 11.8 Å². The van der Waals surface area contributed by atoms with Gasteiger partial charge in [0.25, 0.3) is 0 Å². The van der Waals surface area contributed by atoms with E-state index in [4.69, 9.17) is 10.5 Å². The van der Waals surface area contributed by atoms with Gasteiger partial charge in [0.15, 0.2) is 5.96 Å². The van der Waals surface area contributed by atoms with Gasteiger partial charge in [0.2, 0.25) is 0 Å². The van der Waals surface area contributed by atoms with E-state index in [2.05, 4.69) is 4.99 Å². The standard InChI is InChI=1S/C14H18F3N3O.HI/c1-2-19-13(18)20-6-7-21-12(9-20)10-4-3-5-11(8-10)14(15,16)17;/h3-5,8,12H,2,6-7,9H2,1H3,(H2,18,19);1H. The van der Waals surface area contributed by atoms with Gasteiger partial charge in [-0.25, -0.2) is 0 Å². The molecule has 124 valence electrons. The molecule has 1 saturated heterocycles. The lowest BCUT2D eigenvalue weighted by Gasteiger charge is -2.34. The van der Waals surface area contributed by atoms with Gasteiger partial charge in [-0.1, -0.05) is 12.1 Å². The highest BCUT2D eigenvalue weighted by atomic mass is 127. The maximum Gasteiger partial charge on any atom is 0.416 e. The number of nitrogens with two attached hydrogens (primary N) is 1.